The second-order valence-corrected chi connectivity index (χ2v) is 4.33. The molecule has 1 rings (SSSR count). The molecule has 80 valence electrons. The molecule has 0 aliphatic heterocycles. The van der Waals surface area contributed by atoms with Crippen LogP contribution < -0.4 is 0 Å². The molecule has 1 aromatic carbocycles. The summed E-state index contributed by atoms with van der Waals surface area (Å²) in [4.78, 5) is 11.2. The lowest BCUT2D eigenvalue weighted by molar-refractivity contribution is -0.137. The zero-order valence-corrected chi connectivity index (χ0v) is 10.9. The van der Waals surface area contributed by atoms with Gasteiger partial charge in [-0.3, -0.25) is 0 Å². The summed E-state index contributed by atoms with van der Waals surface area (Å²) in [5.41, 5.74) is 1.97. The van der Waals surface area contributed by atoms with Gasteiger partial charge in [0.15, 0.2) is 0 Å². The van der Waals surface area contributed by atoms with Crippen LogP contribution in [0.1, 0.15) is 19.4 Å². The molecule has 0 saturated carbocycles. The van der Waals surface area contributed by atoms with Crippen LogP contribution >= 0.6 is 22.6 Å². The van der Waals surface area contributed by atoms with Crippen molar-refractivity contribution in [2.45, 2.75) is 13.8 Å². The van der Waals surface area contributed by atoms with Gasteiger partial charge >= 0.3 is 5.97 Å². The third-order valence-corrected chi connectivity index (χ3v) is 2.64. The predicted molar refractivity (Wildman–Crippen MR) is 69.4 cm³/mol. The molecule has 0 unspecified atom stereocenters. The minimum atomic E-state index is -0.284. The lowest BCUT2D eigenvalue weighted by Gasteiger charge is -2.02. The molecule has 0 N–H and O–H groups in total. The topological polar surface area (TPSA) is 26.3 Å². The molecular weight excluding hydrogens is 303 g/mol. The number of allylic oxidation sites excluding steroid dienone is 1. The van der Waals surface area contributed by atoms with Gasteiger partial charge in [-0.05, 0) is 59.7 Å². The Labute approximate surface area is 103 Å². The Morgan fingerprint density at radius 2 is 2.00 bits per heavy atom. The van der Waals surface area contributed by atoms with E-state index in [-0.39, 0.29) is 5.97 Å². The SMILES string of the molecule is CCOC(=O)/C=C(/C)c1ccc(I)cc1. The molecule has 0 heterocycles. The molecule has 1 aromatic rings. The Morgan fingerprint density at radius 1 is 1.40 bits per heavy atom. The van der Waals surface area contributed by atoms with Crippen molar-refractivity contribution >= 4 is 34.1 Å². The molecule has 0 atom stereocenters. The fraction of sp³-hybridized carbons (Fsp3) is 0.250. The Bertz CT molecular complexity index is 366. The highest BCUT2D eigenvalue weighted by molar-refractivity contribution is 14.1. The van der Waals surface area contributed by atoms with Crippen LogP contribution in [0.25, 0.3) is 5.57 Å². The number of ether oxygens (including phenoxy) is 1. The van der Waals surface area contributed by atoms with Gasteiger partial charge < -0.3 is 4.74 Å². The van der Waals surface area contributed by atoms with Crippen molar-refractivity contribution in [2.24, 2.45) is 0 Å². The molecule has 0 spiro atoms. The predicted octanol–water partition coefficient (Wildman–Crippen LogP) is 3.26. The molecule has 15 heavy (non-hydrogen) atoms. The molecule has 2 nitrogen and oxygen atoms in total. The van der Waals surface area contributed by atoms with E-state index in [2.05, 4.69) is 22.6 Å². The lowest BCUT2D eigenvalue weighted by Crippen LogP contribution is -2.00. The maximum atomic E-state index is 11.2. The summed E-state index contributed by atoms with van der Waals surface area (Å²) in [6.45, 7) is 4.11. The van der Waals surface area contributed by atoms with Gasteiger partial charge in [-0.1, -0.05) is 12.1 Å². The second-order valence-electron chi connectivity index (χ2n) is 3.09. The van der Waals surface area contributed by atoms with Crippen molar-refractivity contribution in [3.8, 4) is 0 Å². The maximum Gasteiger partial charge on any atom is 0.331 e. The van der Waals surface area contributed by atoms with Crippen LogP contribution in [0.15, 0.2) is 30.3 Å². The summed E-state index contributed by atoms with van der Waals surface area (Å²) in [6, 6.07) is 8.01. The van der Waals surface area contributed by atoms with Crippen molar-refractivity contribution in [1.82, 2.24) is 0 Å². The van der Waals surface area contributed by atoms with Crippen LogP contribution in [0.4, 0.5) is 0 Å². The van der Waals surface area contributed by atoms with Crippen molar-refractivity contribution in [3.05, 3.63) is 39.5 Å². The van der Waals surface area contributed by atoms with Crippen molar-refractivity contribution in [2.75, 3.05) is 6.61 Å². The highest BCUT2D eigenvalue weighted by Gasteiger charge is 2.00. The Kier molecular flexibility index (Phi) is 4.81. The third-order valence-electron chi connectivity index (χ3n) is 1.92. The highest BCUT2D eigenvalue weighted by atomic mass is 127. The summed E-state index contributed by atoms with van der Waals surface area (Å²) in [6.07, 6.45) is 1.52. The normalized spacial score (nSPS) is 11.3. The number of carbonyl (C=O) groups excluding carboxylic acids is 1. The van der Waals surface area contributed by atoms with Crippen molar-refractivity contribution in [3.63, 3.8) is 0 Å². The van der Waals surface area contributed by atoms with Gasteiger partial charge in [0.2, 0.25) is 0 Å². The summed E-state index contributed by atoms with van der Waals surface area (Å²) in [5, 5.41) is 0. The average Bonchev–Trinajstić information content (AvgIpc) is 2.18. The summed E-state index contributed by atoms with van der Waals surface area (Å²) in [5.74, 6) is -0.284. The molecule has 0 saturated heterocycles. The zero-order valence-electron chi connectivity index (χ0n) is 8.79. The number of carbonyl (C=O) groups is 1. The van der Waals surface area contributed by atoms with E-state index in [1.165, 1.54) is 9.65 Å². The van der Waals surface area contributed by atoms with Gasteiger partial charge in [-0.2, -0.15) is 0 Å². The first-order valence-corrected chi connectivity index (χ1v) is 5.82. The first-order valence-electron chi connectivity index (χ1n) is 4.74. The second kappa shape index (κ2) is 5.90. The van der Waals surface area contributed by atoms with Crippen molar-refractivity contribution < 1.29 is 9.53 Å². The summed E-state index contributed by atoms with van der Waals surface area (Å²) < 4.78 is 6.02. The average molecular weight is 316 g/mol. The number of hydrogen-bond donors (Lipinski definition) is 0. The van der Waals surface area contributed by atoms with E-state index in [4.69, 9.17) is 4.74 Å². The molecule has 0 fully saturated rings. The molecule has 0 aliphatic rings. The highest BCUT2D eigenvalue weighted by Crippen LogP contribution is 2.15. The molecule has 0 bridgehead atoms. The van der Waals surface area contributed by atoms with Gasteiger partial charge in [-0.25, -0.2) is 4.79 Å². The van der Waals surface area contributed by atoms with Crippen LogP contribution in [0.2, 0.25) is 0 Å². The fourth-order valence-corrected chi connectivity index (χ4v) is 1.52. The van der Waals surface area contributed by atoms with Crippen LogP contribution in [0.5, 0.6) is 0 Å². The van der Waals surface area contributed by atoms with Crippen molar-refractivity contribution in [1.29, 1.82) is 0 Å². The van der Waals surface area contributed by atoms with E-state index < -0.39 is 0 Å². The van der Waals surface area contributed by atoms with E-state index in [1.807, 2.05) is 31.2 Å². The zero-order chi connectivity index (χ0) is 11.3. The molecule has 0 aliphatic carbocycles. The van der Waals surface area contributed by atoms with Crippen LogP contribution in [0, 0.1) is 3.57 Å². The van der Waals surface area contributed by atoms with E-state index >= 15 is 0 Å². The van der Waals surface area contributed by atoms with Gasteiger partial charge in [0.05, 0.1) is 6.61 Å². The van der Waals surface area contributed by atoms with Crippen LogP contribution in [-0.4, -0.2) is 12.6 Å². The molecule has 0 aromatic heterocycles. The Morgan fingerprint density at radius 3 is 2.53 bits per heavy atom. The maximum absolute atomic E-state index is 11.2. The molecule has 0 radical (unpaired) electrons. The van der Waals surface area contributed by atoms with Gasteiger partial charge in [0, 0.05) is 9.65 Å². The minimum Gasteiger partial charge on any atom is -0.463 e. The molecule has 3 heteroatoms. The van der Waals surface area contributed by atoms with Gasteiger partial charge in [0.25, 0.3) is 0 Å². The van der Waals surface area contributed by atoms with E-state index in [0.717, 1.165) is 11.1 Å². The number of esters is 1. The Hall–Kier alpha value is -0.840. The van der Waals surface area contributed by atoms with Crippen LogP contribution in [-0.2, 0) is 9.53 Å². The molecular formula is C12H13IO2. The number of halogens is 1. The summed E-state index contributed by atoms with van der Waals surface area (Å²) in [7, 11) is 0. The first kappa shape index (κ1) is 12.2. The standard InChI is InChI=1S/C12H13IO2/c1-3-15-12(14)8-9(2)10-4-6-11(13)7-5-10/h4-8H,3H2,1-2H3/b9-8-. The quantitative estimate of drug-likeness (QED) is 0.486. The fourth-order valence-electron chi connectivity index (χ4n) is 1.16. The first-order chi connectivity index (χ1) is 7.13. The van der Waals surface area contributed by atoms with Gasteiger partial charge in [0.1, 0.15) is 0 Å². The van der Waals surface area contributed by atoms with E-state index in [9.17, 15) is 4.79 Å². The smallest absolute Gasteiger partial charge is 0.331 e. The number of rotatable bonds is 3. The third kappa shape index (κ3) is 4.03. The number of hydrogen-bond acceptors (Lipinski definition) is 2. The largest absolute Gasteiger partial charge is 0.463 e. The Balaban J connectivity index is 2.79. The van der Waals surface area contributed by atoms with Gasteiger partial charge in [-0.15, -0.1) is 0 Å². The van der Waals surface area contributed by atoms with Crippen LogP contribution in [0.3, 0.4) is 0 Å². The number of benzene rings is 1. The monoisotopic (exact) mass is 316 g/mol. The minimum absolute atomic E-state index is 0.284. The summed E-state index contributed by atoms with van der Waals surface area (Å²) >= 11 is 2.25. The van der Waals surface area contributed by atoms with E-state index in [1.54, 1.807) is 6.92 Å². The lowest BCUT2D eigenvalue weighted by atomic mass is 10.1. The van der Waals surface area contributed by atoms with E-state index in [0.29, 0.717) is 6.61 Å². The molecule has 0 amide bonds.